The Labute approximate surface area is 196 Å². The molecule has 3 aromatic rings. The number of aromatic hydroxyl groups is 1. The summed E-state index contributed by atoms with van der Waals surface area (Å²) in [5.74, 6) is 0.283. The predicted octanol–water partition coefficient (Wildman–Crippen LogP) is 7.43. The van der Waals surface area contributed by atoms with Crippen LogP contribution >= 0.6 is 0 Å². The van der Waals surface area contributed by atoms with Gasteiger partial charge in [0.2, 0.25) is 0 Å². The van der Waals surface area contributed by atoms with Crippen molar-refractivity contribution < 1.29 is 14.2 Å². The predicted molar refractivity (Wildman–Crippen MR) is 132 cm³/mol. The number of halogens is 1. The van der Waals surface area contributed by atoms with Crippen LogP contribution in [0.3, 0.4) is 0 Å². The molecule has 33 heavy (non-hydrogen) atoms. The van der Waals surface area contributed by atoms with Crippen LogP contribution in [0.2, 0.25) is 0 Å². The van der Waals surface area contributed by atoms with Crippen LogP contribution in [0.25, 0.3) is 28.6 Å². The van der Waals surface area contributed by atoms with Crippen molar-refractivity contribution in [2.75, 3.05) is 6.61 Å². The maximum Gasteiger partial charge on any atom is 0.159 e. The zero-order valence-corrected chi connectivity index (χ0v) is 19.5. The summed E-state index contributed by atoms with van der Waals surface area (Å²) in [6, 6.07) is 12.7. The number of ether oxygens (including phenoxy) is 1. The van der Waals surface area contributed by atoms with Crippen molar-refractivity contribution in [1.29, 1.82) is 0 Å². The molecule has 0 aliphatic carbocycles. The largest absolute Gasteiger partial charge is 0.505 e. The number of allylic oxidation sites excluding steroid dienone is 1. The minimum absolute atomic E-state index is 0.0213. The average molecular weight is 449 g/mol. The Kier molecular flexibility index (Phi) is 9.58. The molecule has 1 aromatic heterocycles. The van der Waals surface area contributed by atoms with Gasteiger partial charge in [-0.3, -0.25) is 0 Å². The Balaban J connectivity index is 1.51. The third-order valence-electron chi connectivity index (χ3n) is 5.53. The molecule has 3 rings (SSSR count). The van der Waals surface area contributed by atoms with E-state index >= 15 is 0 Å². The summed E-state index contributed by atoms with van der Waals surface area (Å²) in [5, 5.41) is 9.32. The highest BCUT2D eigenvalue weighted by Gasteiger charge is 2.07. The highest BCUT2D eigenvalue weighted by molar-refractivity contribution is 5.69. The molecular weight excluding hydrogens is 415 g/mol. The number of benzene rings is 2. The molecule has 5 heteroatoms. The lowest BCUT2D eigenvalue weighted by Gasteiger charge is -2.12. The molecule has 1 N–H and O–H groups in total. The van der Waals surface area contributed by atoms with Crippen LogP contribution in [0.5, 0.6) is 5.75 Å². The van der Waals surface area contributed by atoms with Gasteiger partial charge in [0.15, 0.2) is 11.6 Å². The molecule has 0 radical (unpaired) electrons. The summed E-state index contributed by atoms with van der Waals surface area (Å²) in [7, 11) is 0. The van der Waals surface area contributed by atoms with E-state index in [4.69, 9.17) is 4.74 Å². The number of aromatic nitrogens is 2. The second-order valence-corrected chi connectivity index (χ2v) is 8.30. The SMILES string of the molecule is CCCCCOC(C)CCC/C=C/c1ccc(-c2ccc(-c3ncc(O)cn3)cc2)c(F)c1. The number of nitrogens with zero attached hydrogens (tertiary/aromatic N) is 2. The Hall–Kier alpha value is -3.05. The molecule has 2 aromatic carbocycles. The van der Waals surface area contributed by atoms with Gasteiger partial charge >= 0.3 is 0 Å². The highest BCUT2D eigenvalue weighted by atomic mass is 19.1. The number of unbranched alkanes of at least 4 members (excludes halogenated alkanes) is 3. The first-order chi connectivity index (χ1) is 16.1. The van der Waals surface area contributed by atoms with Crippen LogP contribution < -0.4 is 0 Å². The first-order valence-electron chi connectivity index (χ1n) is 11.8. The molecule has 0 aliphatic heterocycles. The van der Waals surface area contributed by atoms with Crippen molar-refractivity contribution in [2.24, 2.45) is 0 Å². The van der Waals surface area contributed by atoms with Crippen molar-refractivity contribution in [2.45, 2.75) is 58.5 Å². The smallest absolute Gasteiger partial charge is 0.159 e. The van der Waals surface area contributed by atoms with Crippen LogP contribution in [-0.2, 0) is 4.74 Å². The topological polar surface area (TPSA) is 55.2 Å². The number of hydrogen-bond donors (Lipinski definition) is 1. The van der Waals surface area contributed by atoms with Gasteiger partial charge in [-0.15, -0.1) is 0 Å². The maximum absolute atomic E-state index is 14.8. The van der Waals surface area contributed by atoms with E-state index < -0.39 is 0 Å². The van der Waals surface area contributed by atoms with Crippen LogP contribution in [-0.4, -0.2) is 27.8 Å². The van der Waals surface area contributed by atoms with Crippen molar-refractivity contribution >= 4 is 6.08 Å². The molecule has 4 nitrogen and oxygen atoms in total. The Morgan fingerprint density at radius 2 is 1.73 bits per heavy atom. The van der Waals surface area contributed by atoms with E-state index in [-0.39, 0.29) is 11.6 Å². The van der Waals surface area contributed by atoms with Gasteiger partial charge in [-0.2, -0.15) is 0 Å². The van der Waals surface area contributed by atoms with Gasteiger partial charge < -0.3 is 9.84 Å². The molecule has 1 atom stereocenters. The highest BCUT2D eigenvalue weighted by Crippen LogP contribution is 2.26. The van der Waals surface area contributed by atoms with Gasteiger partial charge in [-0.05, 0) is 49.8 Å². The van der Waals surface area contributed by atoms with Crippen LogP contribution in [0.1, 0.15) is 57.9 Å². The maximum atomic E-state index is 14.8. The quantitative estimate of drug-likeness (QED) is 0.293. The first-order valence-corrected chi connectivity index (χ1v) is 11.8. The molecule has 0 amide bonds. The van der Waals surface area contributed by atoms with Gasteiger partial charge in [-0.25, -0.2) is 14.4 Å². The molecule has 1 heterocycles. The van der Waals surface area contributed by atoms with Crippen molar-refractivity contribution in [1.82, 2.24) is 9.97 Å². The van der Waals surface area contributed by atoms with Gasteiger partial charge in [0, 0.05) is 17.7 Å². The summed E-state index contributed by atoms with van der Waals surface area (Å²) in [6.07, 6.45) is 13.7. The minimum atomic E-state index is -0.250. The molecule has 0 bridgehead atoms. The Bertz CT molecular complexity index is 1020. The summed E-state index contributed by atoms with van der Waals surface area (Å²) in [6.45, 7) is 5.18. The van der Waals surface area contributed by atoms with Crippen molar-refractivity contribution in [3.8, 4) is 28.3 Å². The fourth-order valence-corrected chi connectivity index (χ4v) is 3.60. The van der Waals surface area contributed by atoms with Gasteiger partial charge in [-0.1, -0.05) is 68.3 Å². The summed E-state index contributed by atoms with van der Waals surface area (Å²) < 4.78 is 20.6. The Morgan fingerprint density at radius 3 is 2.42 bits per heavy atom. The molecular formula is C28H33FN2O2. The molecule has 0 aliphatic rings. The van der Waals surface area contributed by atoms with Crippen LogP contribution in [0.4, 0.5) is 4.39 Å². The minimum Gasteiger partial charge on any atom is -0.505 e. The van der Waals surface area contributed by atoms with E-state index in [1.165, 1.54) is 25.2 Å². The third-order valence-corrected chi connectivity index (χ3v) is 5.53. The lowest BCUT2D eigenvalue weighted by atomic mass is 10.0. The number of hydrogen-bond acceptors (Lipinski definition) is 4. The molecule has 0 spiro atoms. The fraction of sp³-hybridized carbons (Fsp3) is 0.357. The molecule has 174 valence electrons. The molecule has 0 saturated carbocycles. The standard InChI is InChI=1S/C28H33FN2O2/c1-3-4-8-17-33-21(2)9-6-5-7-10-22-11-16-26(27(29)18-22)23-12-14-24(15-13-23)28-30-19-25(32)20-31-28/h7,10-16,18-21,32H,3-6,8-9,17H2,1-2H3/b10-7+. The Morgan fingerprint density at radius 1 is 1.00 bits per heavy atom. The normalized spacial score (nSPS) is 12.3. The van der Waals surface area contributed by atoms with E-state index in [1.807, 2.05) is 42.5 Å². The van der Waals surface area contributed by atoms with E-state index in [2.05, 4.69) is 29.9 Å². The van der Waals surface area contributed by atoms with Gasteiger partial charge in [0.1, 0.15) is 5.82 Å². The zero-order chi connectivity index (χ0) is 23.5. The monoisotopic (exact) mass is 448 g/mol. The second-order valence-electron chi connectivity index (χ2n) is 8.30. The van der Waals surface area contributed by atoms with Crippen LogP contribution in [0.15, 0.2) is 60.9 Å². The molecule has 0 fully saturated rings. The van der Waals surface area contributed by atoms with Crippen LogP contribution in [0, 0.1) is 5.82 Å². The molecule has 0 saturated heterocycles. The van der Waals surface area contributed by atoms with Crippen molar-refractivity contribution in [3.63, 3.8) is 0 Å². The van der Waals surface area contributed by atoms with Gasteiger partial charge in [0.25, 0.3) is 0 Å². The van der Waals surface area contributed by atoms with E-state index in [0.29, 0.717) is 17.5 Å². The lowest BCUT2D eigenvalue weighted by molar-refractivity contribution is 0.0566. The fourth-order valence-electron chi connectivity index (χ4n) is 3.60. The van der Waals surface area contributed by atoms with E-state index in [0.717, 1.165) is 49.0 Å². The summed E-state index contributed by atoms with van der Waals surface area (Å²) in [5.41, 5.74) is 3.01. The van der Waals surface area contributed by atoms with Crippen molar-refractivity contribution in [3.05, 3.63) is 72.3 Å². The average Bonchev–Trinajstić information content (AvgIpc) is 2.82. The third kappa shape index (κ3) is 7.79. The number of rotatable bonds is 12. The molecule has 1 unspecified atom stereocenters. The summed E-state index contributed by atoms with van der Waals surface area (Å²) in [4.78, 5) is 8.20. The lowest BCUT2D eigenvalue weighted by Crippen LogP contribution is -2.08. The van der Waals surface area contributed by atoms with E-state index in [1.54, 1.807) is 6.07 Å². The second kappa shape index (κ2) is 12.9. The first kappa shape index (κ1) is 24.6. The summed E-state index contributed by atoms with van der Waals surface area (Å²) >= 11 is 0. The van der Waals surface area contributed by atoms with E-state index in [9.17, 15) is 9.50 Å². The van der Waals surface area contributed by atoms with Gasteiger partial charge in [0.05, 0.1) is 18.5 Å². The zero-order valence-electron chi connectivity index (χ0n) is 19.5.